The molecule has 0 aromatic heterocycles. The molecule has 0 saturated carbocycles. The number of carbonyl (C=O) groups excluding carboxylic acids is 1. The lowest BCUT2D eigenvalue weighted by molar-refractivity contribution is -0.137. The summed E-state index contributed by atoms with van der Waals surface area (Å²) in [7, 11) is 0. The molecule has 24 heavy (non-hydrogen) atoms. The van der Waals surface area contributed by atoms with Crippen LogP contribution in [0.5, 0.6) is 0 Å². The molecule has 1 N–H and O–H groups in total. The largest absolute Gasteiger partial charge is 0.416 e. The summed E-state index contributed by atoms with van der Waals surface area (Å²) in [5.41, 5.74) is 1.56. The van der Waals surface area contributed by atoms with Gasteiger partial charge in [0.15, 0.2) is 0 Å². The van der Waals surface area contributed by atoms with Crippen LogP contribution in [0.2, 0.25) is 0 Å². The second kappa shape index (κ2) is 7.30. The van der Waals surface area contributed by atoms with Gasteiger partial charge in [-0.05, 0) is 50.6 Å². The minimum Gasteiger partial charge on any atom is -0.325 e. The van der Waals surface area contributed by atoms with Crippen LogP contribution >= 0.6 is 11.8 Å². The molecule has 0 saturated heterocycles. The Bertz CT molecular complexity index is 743. The van der Waals surface area contributed by atoms with Crippen molar-refractivity contribution in [1.82, 2.24) is 0 Å². The van der Waals surface area contributed by atoms with Gasteiger partial charge in [0.25, 0.3) is 0 Å². The molecule has 0 aliphatic heterocycles. The molecule has 0 heterocycles. The molecule has 2 rings (SSSR count). The van der Waals surface area contributed by atoms with Gasteiger partial charge in [-0.25, -0.2) is 0 Å². The number of hydrogen-bond donors (Lipinski definition) is 1. The number of alkyl halides is 3. The lowest BCUT2D eigenvalue weighted by Gasteiger charge is -2.15. The minimum absolute atomic E-state index is 0.142. The number of carbonyl (C=O) groups is 1. The van der Waals surface area contributed by atoms with E-state index in [2.05, 4.69) is 5.32 Å². The lowest BCUT2D eigenvalue weighted by Crippen LogP contribution is -2.22. The number of aryl methyl sites for hydroxylation is 2. The molecule has 2 aromatic carbocycles. The zero-order valence-corrected chi connectivity index (χ0v) is 14.4. The third-order valence-corrected chi connectivity index (χ3v) is 4.74. The van der Waals surface area contributed by atoms with E-state index in [-0.39, 0.29) is 11.6 Å². The van der Waals surface area contributed by atoms with Crippen molar-refractivity contribution in [3.05, 3.63) is 59.2 Å². The highest BCUT2D eigenvalue weighted by molar-refractivity contribution is 8.00. The molecule has 128 valence electrons. The molecule has 2 aromatic rings. The van der Waals surface area contributed by atoms with E-state index in [1.165, 1.54) is 23.9 Å². The minimum atomic E-state index is -4.43. The van der Waals surface area contributed by atoms with Crippen LogP contribution < -0.4 is 5.32 Å². The van der Waals surface area contributed by atoms with Crippen molar-refractivity contribution in [2.24, 2.45) is 0 Å². The second-order valence-corrected chi connectivity index (χ2v) is 6.98. The van der Waals surface area contributed by atoms with Crippen molar-refractivity contribution < 1.29 is 18.0 Å². The van der Waals surface area contributed by atoms with E-state index in [0.29, 0.717) is 0 Å². The van der Waals surface area contributed by atoms with Gasteiger partial charge in [-0.3, -0.25) is 4.79 Å². The normalized spacial score (nSPS) is 12.8. The molecule has 2 nitrogen and oxygen atoms in total. The molecule has 0 aliphatic rings. The number of halogens is 3. The fourth-order valence-electron chi connectivity index (χ4n) is 2.19. The van der Waals surface area contributed by atoms with Crippen LogP contribution in [0.3, 0.4) is 0 Å². The van der Waals surface area contributed by atoms with Crippen molar-refractivity contribution in [3.8, 4) is 0 Å². The maximum atomic E-state index is 12.7. The predicted molar refractivity (Wildman–Crippen MR) is 91.3 cm³/mol. The summed E-state index contributed by atoms with van der Waals surface area (Å²) in [6.45, 7) is 5.69. The molecule has 0 bridgehead atoms. The molecule has 1 atom stereocenters. The van der Waals surface area contributed by atoms with Gasteiger partial charge in [-0.1, -0.05) is 23.8 Å². The number of nitrogens with one attached hydrogen (secondary N) is 1. The van der Waals surface area contributed by atoms with E-state index < -0.39 is 17.0 Å². The number of benzene rings is 2. The molecule has 0 aliphatic carbocycles. The van der Waals surface area contributed by atoms with Crippen molar-refractivity contribution in [3.63, 3.8) is 0 Å². The summed E-state index contributed by atoms with van der Waals surface area (Å²) >= 11 is 1.38. The third kappa shape index (κ3) is 4.77. The van der Waals surface area contributed by atoms with Crippen LogP contribution in [0, 0.1) is 13.8 Å². The topological polar surface area (TPSA) is 29.1 Å². The van der Waals surface area contributed by atoms with Gasteiger partial charge < -0.3 is 5.32 Å². The average Bonchev–Trinajstić information content (AvgIpc) is 2.49. The Kier molecular flexibility index (Phi) is 5.59. The molecule has 1 unspecified atom stereocenters. The van der Waals surface area contributed by atoms with Crippen LogP contribution in [-0.2, 0) is 11.0 Å². The molecular weight excluding hydrogens is 335 g/mol. The molecule has 0 fully saturated rings. The lowest BCUT2D eigenvalue weighted by atomic mass is 10.2. The van der Waals surface area contributed by atoms with Gasteiger partial charge in [-0.2, -0.15) is 13.2 Å². The average molecular weight is 353 g/mol. The third-order valence-electron chi connectivity index (χ3n) is 3.46. The Morgan fingerprint density at radius 1 is 1.12 bits per heavy atom. The summed E-state index contributed by atoms with van der Waals surface area (Å²) in [6, 6.07) is 10.6. The van der Waals surface area contributed by atoms with Crippen LogP contribution in [0.15, 0.2) is 47.4 Å². The van der Waals surface area contributed by atoms with Gasteiger partial charge in [0, 0.05) is 10.6 Å². The number of hydrogen-bond acceptors (Lipinski definition) is 2. The van der Waals surface area contributed by atoms with Crippen molar-refractivity contribution in [2.75, 3.05) is 5.32 Å². The van der Waals surface area contributed by atoms with E-state index in [1.54, 1.807) is 6.92 Å². The highest BCUT2D eigenvalue weighted by atomic mass is 32.2. The van der Waals surface area contributed by atoms with Crippen LogP contribution in [0.25, 0.3) is 0 Å². The molecule has 6 heteroatoms. The molecule has 1 amide bonds. The summed E-state index contributed by atoms with van der Waals surface area (Å²) in [5.74, 6) is -0.334. The molecule has 0 spiro atoms. The smallest absolute Gasteiger partial charge is 0.325 e. The Labute approximate surface area is 143 Å². The number of thioether (sulfide) groups is 1. The highest BCUT2D eigenvalue weighted by Gasteiger charge is 2.30. The predicted octanol–water partition coefficient (Wildman–Crippen LogP) is 5.44. The quantitative estimate of drug-likeness (QED) is 0.742. The van der Waals surface area contributed by atoms with E-state index >= 15 is 0 Å². The summed E-state index contributed by atoms with van der Waals surface area (Å²) in [5, 5.41) is 2.12. The van der Waals surface area contributed by atoms with Gasteiger partial charge in [0.2, 0.25) is 5.91 Å². The number of rotatable bonds is 4. The van der Waals surface area contributed by atoms with E-state index in [0.717, 1.165) is 28.2 Å². The van der Waals surface area contributed by atoms with Gasteiger partial charge in [0.1, 0.15) is 0 Å². The Hall–Kier alpha value is -1.95. The Morgan fingerprint density at radius 2 is 1.83 bits per heavy atom. The van der Waals surface area contributed by atoms with Gasteiger partial charge >= 0.3 is 6.18 Å². The van der Waals surface area contributed by atoms with E-state index in [1.807, 2.05) is 32.0 Å². The van der Waals surface area contributed by atoms with Crippen LogP contribution in [-0.4, -0.2) is 11.2 Å². The Morgan fingerprint density at radius 3 is 2.46 bits per heavy atom. The highest BCUT2D eigenvalue weighted by Crippen LogP contribution is 2.31. The van der Waals surface area contributed by atoms with Crippen LogP contribution in [0.4, 0.5) is 18.9 Å². The Balaban J connectivity index is 2.06. The van der Waals surface area contributed by atoms with Gasteiger partial charge in [-0.15, -0.1) is 11.8 Å². The number of amides is 1. The van der Waals surface area contributed by atoms with Crippen molar-refractivity contribution >= 4 is 23.4 Å². The zero-order valence-electron chi connectivity index (χ0n) is 13.6. The summed E-state index contributed by atoms with van der Waals surface area (Å²) in [4.78, 5) is 13.2. The molecule has 0 radical (unpaired) electrons. The van der Waals surface area contributed by atoms with Gasteiger partial charge in [0.05, 0.1) is 10.8 Å². The van der Waals surface area contributed by atoms with Crippen LogP contribution in [0.1, 0.15) is 23.6 Å². The molecular formula is C18H18F3NOS. The fourth-order valence-corrected chi connectivity index (χ4v) is 3.13. The second-order valence-electron chi connectivity index (χ2n) is 5.60. The summed E-state index contributed by atoms with van der Waals surface area (Å²) < 4.78 is 38.1. The first-order valence-electron chi connectivity index (χ1n) is 7.39. The number of anilines is 1. The van der Waals surface area contributed by atoms with Crippen molar-refractivity contribution in [1.29, 1.82) is 0 Å². The SMILES string of the molecule is Cc1ccc(SC(C)C(=O)Nc2cccc(C(F)(F)F)c2)c(C)c1. The fraction of sp³-hybridized carbons (Fsp3) is 0.278. The summed E-state index contributed by atoms with van der Waals surface area (Å²) in [6.07, 6.45) is -4.43. The van der Waals surface area contributed by atoms with E-state index in [9.17, 15) is 18.0 Å². The maximum absolute atomic E-state index is 12.7. The van der Waals surface area contributed by atoms with E-state index in [4.69, 9.17) is 0 Å². The van der Waals surface area contributed by atoms with Crippen molar-refractivity contribution in [2.45, 2.75) is 37.1 Å². The first kappa shape index (κ1) is 18.4. The maximum Gasteiger partial charge on any atom is 0.416 e. The standard InChI is InChI=1S/C18H18F3NOS/c1-11-7-8-16(12(2)9-11)24-13(3)17(23)22-15-6-4-5-14(10-15)18(19,20)21/h4-10,13H,1-3H3,(H,22,23). The zero-order chi connectivity index (χ0) is 17.9. The first-order valence-corrected chi connectivity index (χ1v) is 8.27. The first-order chi connectivity index (χ1) is 11.2. The monoisotopic (exact) mass is 353 g/mol.